The highest BCUT2D eigenvalue weighted by Gasteiger charge is 2.30. The lowest BCUT2D eigenvalue weighted by Crippen LogP contribution is -2.12. The van der Waals surface area contributed by atoms with E-state index in [-0.39, 0.29) is 5.92 Å². The number of carbonyl (C=O) groups is 1. The molecular weight excluding hydrogens is 240 g/mol. The molecule has 0 aromatic heterocycles. The van der Waals surface area contributed by atoms with Crippen molar-refractivity contribution in [2.24, 2.45) is 5.92 Å². The number of Topliss-reactive ketones (excluding diaryl/α,β-unsaturated/α-hetero) is 1. The van der Waals surface area contributed by atoms with Crippen LogP contribution in [0.15, 0.2) is 24.3 Å². The maximum absolute atomic E-state index is 11.4. The van der Waals surface area contributed by atoms with E-state index >= 15 is 0 Å². The minimum Gasteiger partial charge on any atom is -0.299 e. The number of hydrogen-bond acceptors (Lipinski definition) is 2. The van der Waals surface area contributed by atoms with E-state index < -0.39 is 0 Å². The molecule has 1 aromatic carbocycles. The summed E-state index contributed by atoms with van der Waals surface area (Å²) < 4.78 is 0. The smallest absolute Gasteiger partial charge is 0.136 e. The van der Waals surface area contributed by atoms with Crippen LogP contribution in [0.5, 0.6) is 0 Å². The molecule has 1 nitrogen and oxygen atoms in total. The Morgan fingerprint density at radius 3 is 2.81 bits per heavy atom. The zero-order valence-corrected chi connectivity index (χ0v) is 10.9. The van der Waals surface area contributed by atoms with Crippen LogP contribution in [-0.4, -0.2) is 11.0 Å². The highest BCUT2D eigenvalue weighted by molar-refractivity contribution is 7.99. The Morgan fingerprint density at radius 2 is 2.19 bits per heavy atom. The molecule has 2 atom stereocenters. The Bertz CT molecular complexity index is 391. The zero-order valence-electron chi connectivity index (χ0n) is 9.28. The molecular formula is C13H15ClOS. The van der Waals surface area contributed by atoms with Crippen LogP contribution in [0.4, 0.5) is 0 Å². The van der Waals surface area contributed by atoms with Gasteiger partial charge in [0.1, 0.15) is 5.78 Å². The van der Waals surface area contributed by atoms with Gasteiger partial charge in [-0.3, -0.25) is 4.79 Å². The van der Waals surface area contributed by atoms with Crippen molar-refractivity contribution < 1.29 is 4.79 Å². The summed E-state index contributed by atoms with van der Waals surface area (Å²) in [5, 5.41) is 1.30. The number of carbonyl (C=O) groups excluding carboxylic acids is 1. The van der Waals surface area contributed by atoms with E-state index in [9.17, 15) is 4.79 Å². The third-order valence-corrected chi connectivity index (χ3v) is 5.07. The maximum atomic E-state index is 11.4. The SMILES string of the molecule is CC1C(=O)CCC1SCc1ccccc1Cl. The second-order valence-electron chi connectivity index (χ2n) is 4.23. The van der Waals surface area contributed by atoms with Crippen LogP contribution in [0.2, 0.25) is 5.02 Å². The van der Waals surface area contributed by atoms with Crippen molar-refractivity contribution in [1.29, 1.82) is 0 Å². The van der Waals surface area contributed by atoms with E-state index in [1.165, 1.54) is 5.56 Å². The zero-order chi connectivity index (χ0) is 11.5. The topological polar surface area (TPSA) is 17.1 Å². The Labute approximate surface area is 106 Å². The lowest BCUT2D eigenvalue weighted by Gasteiger charge is -2.13. The molecule has 0 heterocycles. The molecule has 0 N–H and O–H groups in total. The van der Waals surface area contributed by atoms with Gasteiger partial charge in [0.05, 0.1) is 0 Å². The van der Waals surface area contributed by atoms with Crippen LogP contribution in [0.1, 0.15) is 25.3 Å². The van der Waals surface area contributed by atoms with E-state index in [0.29, 0.717) is 11.0 Å². The second-order valence-corrected chi connectivity index (χ2v) is 5.87. The van der Waals surface area contributed by atoms with Gasteiger partial charge in [-0.15, -0.1) is 0 Å². The number of thioether (sulfide) groups is 1. The maximum Gasteiger partial charge on any atom is 0.136 e. The molecule has 2 rings (SSSR count). The average Bonchev–Trinajstić information content (AvgIpc) is 2.59. The summed E-state index contributed by atoms with van der Waals surface area (Å²) in [6.07, 6.45) is 1.77. The highest BCUT2D eigenvalue weighted by Crippen LogP contribution is 2.35. The quantitative estimate of drug-likeness (QED) is 0.813. The summed E-state index contributed by atoms with van der Waals surface area (Å²) in [6, 6.07) is 7.92. The molecule has 16 heavy (non-hydrogen) atoms. The summed E-state index contributed by atoms with van der Waals surface area (Å²) in [4.78, 5) is 11.4. The molecule has 1 fully saturated rings. The molecule has 0 saturated heterocycles. The van der Waals surface area contributed by atoms with Gasteiger partial charge in [-0.25, -0.2) is 0 Å². The Kier molecular flexibility index (Phi) is 3.93. The molecule has 3 heteroatoms. The Morgan fingerprint density at radius 1 is 1.44 bits per heavy atom. The first-order chi connectivity index (χ1) is 7.68. The summed E-state index contributed by atoms with van der Waals surface area (Å²) in [5.41, 5.74) is 1.17. The minimum absolute atomic E-state index is 0.215. The van der Waals surface area contributed by atoms with Gasteiger partial charge in [0.2, 0.25) is 0 Å². The minimum atomic E-state index is 0.215. The van der Waals surface area contributed by atoms with Gasteiger partial charge < -0.3 is 0 Å². The molecule has 0 spiro atoms. The molecule has 0 aliphatic heterocycles. The summed E-state index contributed by atoms with van der Waals surface area (Å²) >= 11 is 7.95. The van der Waals surface area contributed by atoms with Crippen molar-refractivity contribution in [2.45, 2.75) is 30.8 Å². The van der Waals surface area contributed by atoms with Gasteiger partial charge in [0, 0.05) is 28.4 Å². The molecule has 1 aromatic rings. The molecule has 0 radical (unpaired) electrons. The third-order valence-electron chi connectivity index (χ3n) is 3.15. The first-order valence-electron chi connectivity index (χ1n) is 5.56. The Balaban J connectivity index is 1.93. The standard InChI is InChI=1S/C13H15ClOS/c1-9-12(15)6-7-13(9)16-8-10-4-2-3-5-11(10)14/h2-5,9,13H,6-8H2,1H3. The van der Waals surface area contributed by atoms with Crippen molar-refractivity contribution in [2.75, 3.05) is 0 Å². The van der Waals surface area contributed by atoms with Gasteiger partial charge in [-0.1, -0.05) is 36.7 Å². The number of rotatable bonds is 3. The van der Waals surface area contributed by atoms with Gasteiger partial charge in [0.15, 0.2) is 0 Å². The molecule has 1 saturated carbocycles. The van der Waals surface area contributed by atoms with Gasteiger partial charge >= 0.3 is 0 Å². The van der Waals surface area contributed by atoms with Crippen LogP contribution >= 0.6 is 23.4 Å². The van der Waals surface area contributed by atoms with E-state index in [0.717, 1.165) is 23.6 Å². The van der Waals surface area contributed by atoms with Gasteiger partial charge in [0.25, 0.3) is 0 Å². The van der Waals surface area contributed by atoms with Gasteiger partial charge in [-0.05, 0) is 18.1 Å². The van der Waals surface area contributed by atoms with E-state index in [1.807, 2.05) is 36.9 Å². The summed E-state index contributed by atoms with van der Waals surface area (Å²) in [6.45, 7) is 2.04. The lowest BCUT2D eigenvalue weighted by atomic mass is 10.1. The van der Waals surface area contributed by atoms with Crippen molar-refractivity contribution in [3.05, 3.63) is 34.9 Å². The molecule has 1 aliphatic rings. The predicted octanol–water partition coefficient (Wildman–Crippen LogP) is 3.94. The monoisotopic (exact) mass is 254 g/mol. The fourth-order valence-electron chi connectivity index (χ4n) is 2.01. The number of hydrogen-bond donors (Lipinski definition) is 0. The van der Waals surface area contributed by atoms with E-state index in [1.54, 1.807) is 0 Å². The predicted molar refractivity (Wildman–Crippen MR) is 69.9 cm³/mol. The first-order valence-corrected chi connectivity index (χ1v) is 6.99. The number of ketones is 1. The Hall–Kier alpha value is -0.470. The molecule has 1 aliphatic carbocycles. The molecule has 2 unspecified atom stereocenters. The molecule has 86 valence electrons. The normalized spacial score (nSPS) is 25.0. The fraction of sp³-hybridized carbons (Fsp3) is 0.462. The van der Waals surface area contributed by atoms with Crippen LogP contribution in [0, 0.1) is 5.92 Å². The largest absolute Gasteiger partial charge is 0.299 e. The second kappa shape index (κ2) is 5.24. The number of halogens is 1. The average molecular weight is 255 g/mol. The fourth-order valence-corrected chi connectivity index (χ4v) is 3.66. The van der Waals surface area contributed by atoms with E-state index in [2.05, 4.69) is 6.07 Å². The van der Waals surface area contributed by atoms with Crippen molar-refractivity contribution in [3.8, 4) is 0 Å². The molecule has 0 bridgehead atoms. The van der Waals surface area contributed by atoms with Crippen LogP contribution in [0.25, 0.3) is 0 Å². The summed E-state index contributed by atoms with van der Waals surface area (Å²) in [5.74, 6) is 1.53. The van der Waals surface area contributed by atoms with E-state index in [4.69, 9.17) is 11.6 Å². The lowest BCUT2D eigenvalue weighted by molar-refractivity contribution is -0.120. The van der Waals surface area contributed by atoms with Crippen LogP contribution in [0.3, 0.4) is 0 Å². The van der Waals surface area contributed by atoms with Crippen molar-refractivity contribution in [1.82, 2.24) is 0 Å². The number of benzene rings is 1. The van der Waals surface area contributed by atoms with Crippen molar-refractivity contribution >= 4 is 29.1 Å². The molecule has 0 amide bonds. The van der Waals surface area contributed by atoms with Crippen LogP contribution < -0.4 is 0 Å². The summed E-state index contributed by atoms with van der Waals surface area (Å²) in [7, 11) is 0. The third kappa shape index (κ3) is 2.61. The highest BCUT2D eigenvalue weighted by atomic mass is 35.5. The van der Waals surface area contributed by atoms with Gasteiger partial charge in [-0.2, -0.15) is 11.8 Å². The van der Waals surface area contributed by atoms with Crippen molar-refractivity contribution in [3.63, 3.8) is 0 Å². The first kappa shape index (κ1) is 12.0. The van der Waals surface area contributed by atoms with Crippen LogP contribution in [-0.2, 0) is 10.5 Å².